The number of hydrogen-bond acceptors (Lipinski definition) is 3. The van der Waals surface area contributed by atoms with Crippen molar-refractivity contribution in [3.05, 3.63) is 76.0 Å². The second kappa shape index (κ2) is 9.02. The summed E-state index contributed by atoms with van der Waals surface area (Å²) in [5.74, 6) is 0.606. The van der Waals surface area contributed by atoms with E-state index in [9.17, 15) is 9.18 Å². The number of hydrogen-bond donors (Lipinski definition) is 1. The van der Waals surface area contributed by atoms with Gasteiger partial charge in [0.15, 0.2) is 11.7 Å². The Morgan fingerprint density at radius 2 is 1.78 bits per heavy atom. The highest BCUT2D eigenvalue weighted by molar-refractivity contribution is 6.34. The minimum atomic E-state index is -0.310. The number of benzene rings is 2. The molecule has 1 heterocycles. The van der Waals surface area contributed by atoms with Crippen molar-refractivity contribution in [1.82, 2.24) is 10.3 Å². The van der Waals surface area contributed by atoms with Gasteiger partial charge in [-0.2, -0.15) is 0 Å². The molecule has 1 amide bonds. The summed E-state index contributed by atoms with van der Waals surface area (Å²) in [6.07, 6.45) is 2.86. The van der Waals surface area contributed by atoms with Crippen molar-refractivity contribution >= 4 is 29.1 Å². The minimum absolute atomic E-state index is 0.0929. The third-order valence-electron chi connectivity index (χ3n) is 3.91. The zero-order valence-electron chi connectivity index (χ0n) is 14.3. The molecule has 4 nitrogen and oxygen atoms in total. The number of oxazole rings is 1. The Hall–Kier alpha value is -2.37. The van der Waals surface area contributed by atoms with Crippen LogP contribution in [-0.2, 0) is 17.6 Å². The van der Waals surface area contributed by atoms with E-state index in [2.05, 4.69) is 10.3 Å². The third kappa shape index (κ3) is 5.81. The Morgan fingerprint density at radius 3 is 2.48 bits per heavy atom. The monoisotopic (exact) mass is 406 g/mol. The van der Waals surface area contributed by atoms with Gasteiger partial charge in [-0.3, -0.25) is 4.79 Å². The maximum atomic E-state index is 13.0. The van der Waals surface area contributed by atoms with Crippen LogP contribution in [0, 0.1) is 5.82 Å². The molecule has 0 saturated carbocycles. The minimum Gasteiger partial charge on any atom is -0.441 e. The zero-order chi connectivity index (χ0) is 19.2. The van der Waals surface area contributed by atoms with Gasteiger partial charge < -0.3 is 9.73 Å². The van der Waals surface area contributed by atoms with Crippen LogP contribution in [0.5, 0.6) is 0 Å². The summed E-state index contributed by atoms with van der Waals surface area (Å²) in [5.41, 5.74) is 1.70. The molecule has 140 valence electrons. The molecule has 3 rings (SSSR count). The first-order valence-corrected chi connectivity index (χ1v) is 9.17. The first kappa shape index (κ1) is 19.4. The molecule has 0 atom stereocenters. The molecule has 0 fully saturated rings. The largest absolute Gasteiger partial charge is 0.441 e. The predicted octanol–water partition coefficient (Wildman–Crippen LogP) is 5.08. The summed E-state index contributed by atoms with van der Waals surface area (Å²) >= 11 is 11.9. The first-order valence-electron chi connectivity index (χ1n) is 8.42. The van der Waals surface area contributed by atoms with Crippen molar-refractivity contribution in [1.29, 1.82) is 0 Å². The Balaban J connectivity index is 1.44. The van der Waals surface area contributed by atoms with Crippen molar-refractivity contribution in [3.63, 3.8) is 0 Å². The lowest BCUT2D eigenvalue weighted by molar-refractivity contribution is -0.121. The molecule has 0 aliphatic heterocycles. The fourth-order valence-corrected chi connectivity index (χ4v) is 3.16. The van der Waals surface area contributed by atoms with E-state index in [0.29, 0.717) is 41.1 Å². The van der Waals surface area contributed by atoms with Gasteiger partial charge in [-0.15, -0.1) is 0 Å². The Kier molecular flexibility index (Phi) is 6.48. The van der Waals surface area contributed by atoms with Gasteiger partial charge >= 0.3 is 0 Å². The molecule has 1 N–H and O–H groups in total. The number of nitrogens with zero attached hydrogens (tertiary/aromatic N) is 1. The van der Waals surface area contributed by atoms with Gasteiger partial charge in [-0.25, -0.2) is 9.37 Å². The van der Waals surface area contributed by atoms with E-state index in [1.165, 1.54) is 12.1 Å². The van der Waals surface area contributed by atoms with Crippen LogP contribution in [0.3, 0.4) is 0 Å². The van der Waals surface area contributed by atoms with Crippen LogP contribution in [0.15, 0.2) is 53.1 Å². The molecule has 3 aromatic rings. The van der Waals surface area contributed by atoms with E-state index in [4.69, 9.17) is 27.6 Å². The SMILES string of the molecule is O=C(CCc1ncc(-c2ccc(F)cc2)o1)NCCc1cc(Cl)cc(Cl)c1. The highest BCUT2D eigenvalue weighted by atomic mass is 35.5. The maximum absolute atomic E-state index is 13.0. The van der Waals surface area contributed by atoms with Crippen LogP contribution in [-0.4, -0.2) is 17.4 Å². The molecule has 0 bridgehead atoms. The summed E-state index contributed by atoms with van der Waals surface area (Å²) in [5, 5.41) is 4.00. The number of carbonyl (C=O) groups is 1. The van der Waals surface area contributed by atoms with Crippen molar-refractivity contribution in [3.8, 4) is 11.3 Å². The quantitative estimate of drug-likeness (QED) is 0.595. The van der Waals surface area contributed by atoms with Gasteiger partial charge in [0.05, 0.1) is 6.20 Å². The molecule has 0 radical (unpaired) electrons. The molecule has 0 spiro atoms. The highest BCUT2D eigenvalue weighted by Crippen LogP contribution is 2.21. The summed E-state index contributed by atoms with van der Waals surface area (Å²) < 4.78 is 18.6. The summed E-state index contributed by atoms with van der Waals surface area (Å²) in [7, 11) is 0. The van der Waals surface area contributed by atoms with E-state index < -0.39 is 0 Å². The van der Waals surface area contributed by atoms with Crippen molar-refractivity contribution in [2.75, 3.05) is 6.54 Å². The molecule has 0 aliphatic rings. The number of halogens is 3. The average molecular weight is 407 g/mol. The summed E-state index contributed by atoms with van der Waals surface area (Å²) in [4.78, 5) is 16.1. The van der Waals surface area contributed by atoms with Gasteiger partial charge in [-0.1, -0.05) is 23.2 Å². The fourth-order valence-electron chi connectivity index (χ4n) is 2.58. The second-order valence-corrected chi connectivity index (χ2v) is 6.88. The number of nitrogens with one attached hydrogen (secondary N) is 1. The zero-order valence-corrected chi connectivity index (χ0v) is 15.9. The molecular weight excluding hydrogens is 390 g/mol. The van der Waals surface area contributed by atoms with E-state index >= 15 is 0 Å². The Morgan fingerprint density at radius 1 is 1.07 bits per heavy atom. The number of aryl methyl sites for hydroxylation is 1. The molecule has 27 heavy (non-hydrogen) atoms. The highest BCUT2D eigenvalue weighted by Gasteiger charge is 2.09. The van der Waals surface area contributed by atoms with Gasteiger partial charge in [-0.05, 0) is 54.4 Å². The number of rotatable bonds is 7. The van der Waals surface area contributed by atoms with Gasteiger partial charge in [0.25, 0.3) is 0 Å². The normalized spacial score (nSPS) is 10.8. The topological polar surface area (TPSA) is 55.1 Å². The number of carbonyl (C=O) groups excluding carboxylic acids is 1. The Labute approximate surface area is 166 Å². The molecule has 2 aromatic carbocycles. The van der Waals surface area contributed by atoms with Gasteiger partial charge in [0, 0.05) is 35.0 Å². The lowest BCUT2D eigenvalue weighted by Crippen LogP contribution is -2.25. The predicted molar refractivity (Wildman–Crippen MR) is 103 cm³/mol. The maximum Gasteiger partial charge on any atom is 0.220 e. The van der Waals surface area contributed by atoms with Crippen LogP contribution in [0.2, 0.25) is 10.0 Å². The lowest BCUT2D eigenvalue weighted by Gasteiger charge is -2.06. The summed E-state index contributed by atoms with van der Waals surface area (Å²) in [6.45, 7) is 0.488. The standard InChI is InChI=1S/C20H17Cl2FN2O2/c21-15-9-13(10-16(22)11-15)7-8-24-19(26)5-6-20-25-12-18(27-20)14-1-3-17(23)4-2-14/h1-4,9-12H,5-8H2,(H,24,26). The van der Waals surface area contributed by atoms with E-state index in [1.807, 2.05) is 12.1 Å². The molecule has 0 unspecified atom stereocenters. The molecule has 0 saturated heterocycles. The molecular formula is C20H17Cl2FN2O2. The van der Waals surface area contributed by atoms with E-state index in [1.54, 1.807) is 24.4 Å². The second-order valence-electron chi connectivity index (χ2n) is 6.00. The number of amides is 1. The smallest absolute Gasteiger partial charge is 0.220 e. The average Bonchev–Trinajstić information content (AvgIpc) is 3.09. The first-order chi connectivity index (χ1) is 13.0. The lowest BCUT2D eigenvalue weighted by atomic mass is 10.1. The molecule has 1 aromatic heterocycles. The van der Waals surface area contributed by atoms with E-state index in [0.717, 1.165) is 11.1 Å². The van der Waals surface area contributed by atoms with E-state index in [-0.39, 0.29) is 18.1 Å². The van der Waals surface area contributed by atoms with Crippen molar-refractivity contribution in [2.24, 2.45) is 0 Å². The van der Waals surface area contributed by atoms with Crippen molar-refractivity contribution < 1.29 is 13.6 Å². The summed E-state index contributed by atoms with van der Waals surface area (Å²) in [6, 6.07) is 11.3. The molecule has 7 heteroatoms. The van der Waals surface area contributed by atoms with Crippen LogP contribution < -0.4 is 5.32 Å². The fraction of sp³-hybridized carbons (Fsp3) is 0.200. The van der Waals surface area contributed by atoms with Crippen molar-refractivity contribution in [2.45, 2.75) is 19.3 Å². The number of aromatic nitrogens is 1. The van der Waals surface area contributed by atoms with Gasteiger partial charge in [0.2, 0.25) is 5.91 Å². The molecule has 0 aliphatic carbocycles. The Bertz CT molecular complexity index is 906. The van der Waals surface area contributed by atoms with Crippen LogP contribution >= 0.6 is 23.2 Å². The third-order valence-corrected chi connectivity index (χ3v) is 4.34. The van der Waals surface area contributed by atoms with Gasteiger partial charge in [0.1, 0.15) is 5.82 Å². The van der Waals surface area contributed by atoms with Crippen LogP contribution in [0.4, 0.5) is 4.39 Å². The van der Waals surface area contributed by atoms with Crippen LogP contribution in [0.1, 0.15) is 17.9 Å². The van der Waals surface area contributed by atoms with Crippen LogP contribution in [0.25, 0.3) is 11.3 Å².